The van der Waals surface area contributed by atoms with Crippen molar-refractivity contribution in [2.24, 2.45) is 16.8 Å². The SMILES string of the molecule is NC(=NO)C1CCN(C(=O)N2CCCCC2)CC1. The number of carbonyl (C=O) groups is 1. The highest BCUT2D eigenvalue weighted by atomic mass is 16.4. The zero-order valence-corrected chi connectivity index (χ0v) is 10.7. The van der Waals surface area contributed by atoms with Gasteiger partial charge in [0.05, 0.1) is 0 Å². The number of hydrogen-bond donors (Lipinski definition) is 2. The van der Waals surface area contributed by atoms with Crippen molar-refractivity contribution in [3.63, 3.8) is 0 Å². The molecule has 0 bridgehead atoms. The van der Waals surface area contributed by atoms with E-state index in [1.807, 2.05) is 9.80 Å². The van der Waals surface area contributed by atoms with E-state index in [-0.39, 0.29) is 11.9 Å². The van der Waals surface area contributed by atoms with E-state index in [1.54, 1.807) is 0 Å². The first-order valence-electron chi connectivity index (χ1n) is 6.73. The largest absolute Gasteiger partial charge is 0.409 e. The third-order valence-corrected chi connectivity index (χ3v) is 3.93. The number of urea groups is 1. The maximum atomic E-state index is 12.2. The van der Waals surface area contributed by atoms with Crippen LogP contribution in [0.2, 0.25) is 0 Å². The van der Waals surface area contributed by atoms with Crippen molar-refractivity contribution < 1.29 is 10.0 Å². The molecule has 0 radical (unpaired) electrons. The second-order valence-electron chi connectivity index (χ2n) is 5.12. The molecule has 0 saturated carbocycles. The quantitative estimate of drug-likeness (QED) is 0.317. The van der Waals surface area contributed by atoms with Crippen molar-refractivity contribution in [3.05, 3.63) is 0 Å². The van der Waals surface area contributed by atoms with Crippen LogP contribution in [0, 0.1) is 5.92 Å². The van der Waals surface area contributed by atoms with Gasteiger partial charge in [-0.25, -0.2) is 4.79 Å². The van der Waals surface area contributed by atoms with Gasteiger partial charge in [-0.05, 0) is 32.1 Å². The molecular weight excluding hydrogens is 232 g/mol. The van der Waals surface area contributed by atoms with E-state index < -0.39 is 0 Å². The van der Waals surface area contributed by atoms with Crippen LogP contribution in [-0.2, 0) is 0 Å². The molecule has 102 valence electrons. The van der Waals surface area contributed by atoms with Gasteiger partial charge < -0.3 is 20.7 Å². The molecule has 2 heterocycles. The lowest BCUT2D eigenvalue weighted by atomic mass is 9.96. The number of nitrogens with zero attached hydrogens (tertiary/aromatic N) is 3. The van der Waals surface area contributed by atoms with Crippen molar-refractivity contribution in [2.75, 3.05) is 26.2 Å². The molecule has 2 aliphatic heterocycles. The fourth-order valence-electron chi connectivity index (χ4n) is 2.73. The smallest absolute Gasteiger partial charge is 0.319 e. The topological polar surface area (TPSA) is 82.2 Å². The Kier molecular flexibility index (Phi) is 4.28. The van der Waals surface area contributed by atoms with Gasteiger partial charge in [0.2, 0.25) is 0 Å². The Labute approximate surface area is 107 Å². The molecule has 0 aromatic carbocycles. The van der Waals surface area contributed by atoms with Gasteiger partial charge in [-0.2, -0.15) is 0 Å². The highest BCUT2D eigenvalue weighted by Gasteiger charge is 2.28. The summed E-state index contributed by atoms with van der Waals surface area (Å²) in [5.74, 6) is 0.403. The number of amidine groups is 1. The highest BCUT2D eigenvalue weighted by Crippen LogP contribution is 2.19. The summed E-state index contributed by atoms with van der Waals surface area (Å²) in [6.07, 6.45) is 5.04. The van der Waals surface area contributed by atoms with Crippen LogP contribution in [0.1, 0.15) is 32.1 Å². The monoisotopic (exact) mass is 254 g/mol. The minimum atomic E-state index is 0.111. The van der Waals surface area contributed by atoms with Crippen molar-refractivity contribution in [1.82, 2.24) is 9.80 Å². The zero-order valence-electron chi connectivity index (χ0n) is 10.7. The molecule has 6 heteroatoms. The third-order valence-electron chi connectivity index (χ3n) is 3.93. The minimum Gasteiger partial charge on any atom is -0.409 e. The number of oxime groups is 1. The number of nitrogens with two attached hydrogens (primary N) is 1. The van der Waals surface area contributed by atoms with E-state index in [2.05, 4.69) is 5.16 Å². The van der Waals surface area contributed by atoms with Crippen LogP contribution in [0.4, 0.5) is 4.79 Å². The van der Waals surface area contributed by atoms with E-state index >= 15 is 0 Å². The van der Waals surface area contributed by atoms with Gasteiger partial charge in [-0.15, -0.1) is 0 Å². The lowest BCUT2D eigenvalue weighted by Gasteiger charge is -2.36. The second-order valence-corrected chi connectivity index (χ2v) is 5.12. The van der Waals surface area contributed by atoms with Gasteiger partial charge in [0, 0.05) is 32.1 Å². The fourth-order valence-corrected chi connectivity index (χ4v) is 2.73. The summed E-state index contributed by atoms with van der Waals surface area (Å²) in [6, 6.07) is 0.160. The Morgan fingerprint density at radius 2 is 1.61 bits per heavy atom. The summed E-state index contributed by atoms with van der Waals surface area (Å²) in [4.78, 5) is 16.1. The van der Waals surface area contributed by atoms with E-state index in [9.17, 15) is 4.79 Å². The predicted molar refractivity (Wildman–Crippen MR) is 68.5 cm³/mol. The van der Waals surface area contributed by atoms with E-state index in [0.717, 1.165) is 38.8 Å². The molecular formula is C12H22N4O2. The van der Waals surface area contributed by atoms with E-state index in [1.165, 1.54) is 6.42 Å². The van der Waals surface area contributed by atoms with Crippen LogP contribution in [0.25, 0.3) is 0 Å². The molecule has 6 nitrogen and oxygen atoms in total. The molecule has 2 aliphatic rings. The Morgan fingerprint density at radius 3 is 2.17 bits per heavy atom. The molecule has 2 saturated heterocycles. The zero-order chi connectivity index (χ0) is 13.0. The van der Waals surface area contributed by atoms with Crippen molar-refractivity contribution in [3.8, 4) is 0 Å². The number of likely N-dealkylation sites (tertiary alicyclic amines) is 2. The number of carbonyl (C=O) groups excluding carboxylic acids is 1. The first kappa shape index (κ1) is 13.0. The number of rotatable bonds is 1. The summed E-state index contributed by atoms with van der Waals surface area (Å²) < 4.78 is 0. The van der Waals surface area contributed by atoms with Gasteiger partial charge in [-0.1, -0.05) is 5.16 Å². The Bertz CT molecular complexity index is 318. The highest BCUT2D eigenvalue weighted by molar-refractivity contribution is 5.82. The number of amides is 2. The molecule has 2 amide bonds. The Hall–Kier alpha value is -1.46. The Morgan fingerprint density at radius 1 is 1.06 bits per heavy atom. The number of hydrogen-bond acceptors (Lipinski definition) is 3. The van der Waals surface area contributed by atoms with Crippen molar-refractivity contribution >= 4 is 11.9 Å². The van der Waals surface area contributed by atoms with E-state index in [4.69, 9.17) is 10.9 Å². The lowest BCUT2D eigenvalue weighted by Crippen LogP contribution is -2.49. The molecule has 0 unspecified atom stereocenters. The molecule has 0 aliphatic carbocycles. The van der Waals surface area contributed by atoms with Crippen molar-refractivity contribution in [2.45, 2.75) is 32.1 Å². The van der Waals surface area contributed by atoms with Gasteiger partial charge in [0.15, 0.2) is 0 Å². The number of piperidine rings is 2. The maximum Gasteiger partial charge on any atom is 0.319 e. The molecule has 2 fully saturated rings. The van der Waals surface area contributed by atoms with E-state index in [0.29, 0.717) is 18.9 Å². The van der Waals surface area contributed by atoms with Gasteiger partial charge in [0.25, 0.3) is 0 Å². The van der Waals surface area contributed by atoms with Crippen LogP contribution in [0.5, 0.6) is 0 Å². The van der Waals surface area contributed by atoms with Crippen LogP contribution in [0.3, 0.4) is 0 Å². The first-order chi connectivity index (χ1) is 8.72. The minimum absolute atomic E-state index is 0.111. The van der Waals surface area contributed by atoms with Gasteiger partial charge >= 0.3 is 6.03 Å². The summed E-state index contributed by atoms with van der Waals surface area (Å²) in [5, 5.41) is 11.7. The van der Waals surface area contributed by atoms with Crippen LogP contribution in [0.15, 0.2) is 5.16 Å². The Balaban J connectivity index is 1.83. The van der Waals surface area contributed by atoms with Crippen LogP contribution < -0.4 is 5.73 Å². The van der Waals surface area contributed by atoms with Crippen LogP contribution in [-0.4, -0.2) is 53.1 Å². The van der Waals surface area contributed by atoms with Crippen molar-refractivity contribution in [1.29, 1.82) is 0 Å². The molecule has 3 N–H and O–H groups in total. The normalized spacial score (nSPS) is 23.2. The summed E-state index contributed by atoms with van der Waals surface area (Å²) in [6.45, 7) is 3.18. The molecule has 18 heavy (non-hydrogen) atoms. The predicted octanol–water partition coefficient (Wildman–Crippen LogP) is 1.05. The average Bonchev–Trinajstić information content (AvgIpc) is 2.47. The second kappa shape index (κ2) is 5.93. The molecule has 0 aromatic rings. The standard InChI is InChI=1S/C12H22N4O2/c13-11(14-18)10-4-8-16(9-5-10)12(17)15-6-2-1-3-7-15/h10,18H,1-9H2,(H2,13,14). The molecule has 0 aromatic heterocycles. The lowest BCUT2D eigenvalue weighted by molar-refractivity contribution is 0.130. The third kappa shape index (κ3) is 2.86. The molecule has 0 atom stereocenters. The maximum absolute atomic E-state index is 12.2. The first-order valence-corrected chi connectivity index (χ1v) is 6.73. The summed E-state index contributed by atoms with van der Waals surface area (Å²) in [7, 11) is 0. The summed E-state index contributed by atoms with van der Waals surface area (Å²) in [5.41, 5.74) is 5.60. The molecule has 2 rings (SSSR count). The van der Waals surface area contributed by atoms with Gasteiger partial charge in [0.1, 0.15) is 5.84 Å². The summed E-state index contributed by atoms with van der Waals surface area (Å²) >= 11 is 0. The fraction of sp³-hybridized carbons (Fsp3) is 0.833. The molecule has 0 spiro atoms. The average molecular weight is 254 g/mol. The van der Waals surface area contributed by atoms with Crippen LogP contribution >= 0.6 is 0 Å². The van der Waals surface area contributed by atoms with Gasteiger partial charge in [-0.3, -0.25) is 0 Å².